The third-order valence-electron chi connectivity index (χ3n) is 2.89. The zero-order valence-corrected chi connectivity index (χ0v) is 9.69. The molecule has 0 spiro atoms. The highest BCUT2D eigenvalue weighted by Crippen LogP contribution is 2.11. The van der Waals surface area contributed by atoms with Crippen molar-refractivity contribution >= 4 is 6.09 Å². The zero-order valence-electron chi connectivity index (χ0n) is 9.69. The van der Waals surface area contributed by atoms with E-state index in [1.54, 1.807) is 17.0 Å². The number of halogens is 1. The summed E-state index contributed by atoms with van der Waals surface area (Å²) in [5.41, 5.74) is 0.803. The Labute approximate surface area is 100 Å². The Morgan fingerprint density at radius 1 is 1.18 bits per heavy atom. The second kappa shape index (κ2) is 5.66. The number of likely N-dealkylation sites (tertiary alicyclic amines) is 1. The topological polar surface area (TPSA) is 29.5 Å². The first-order valence-corrected chi connectivity index (χ1v) is 5.92. The average Bonchev–Trinajstić information content (AvgIpc) is 2.39. The fraction of sp³-hybridized carbons (Fsp3) is 0.462. The van der Waals surface area contributed by atoms with E-state index in [4.69, 9.17) is 4.74 Å². The van der Waals surface area contributed by atoms with Crippen LogP contribution in [0.1, 0.15) is 24.8 Å². The van der Waals surface area contributed by atoms with Crippen LogP contribution in [0.4, 0.5) is 9.18 Å². The van der Waals surface area contributed by atoms with Crippen LogP contribution < -0.4 is 0 Å². The zero-order chi connectivity index (χ0) is 12.1. The molecular formula is C13H16FNO2. The van der Waals surface area contributed by atoms with Crippen LogP contribution >= 0.6 is 0 Å². The van der Waals surface area contributed by atoms with Crippen LogP contribution in [0.3, 0.4) is 0 Å². The van der Waals surface area contributed by atoms with Crippen LogP contribution in [-0.4, -0.2) is 24.1 Å². The molecule has 1 saturated heterocycles. The van der Waals surface area contributed by atoms with Gasteiger partial charge < -0.3 is 9.64 Å². The first kappa shape index (κ1) is 11.9. The molecule has 3 nitrogen and oxygen atoms in total. The van der Waals surface area contributed by atoms with Crippen LogP contribution in [0.15, 0.2) is 24.3 Å². The van der Waals surface area contributed by atoms with Gasteiger partial charge in [-0.1, -0.05) is 12.1 Å². The van der Waals surface area contributed by atoms with Gasteiger partial charge in [-0.3, -0.25) is 0 Å². The fourth-order valence-electron chi connectivity index (χ4n) is 1.89. The summed E-state index contributed by atoms with van der Waals surface area (Å²) >= 11 is 0. The summed E-state index contributed by atoms with van der Waals surface area (Å²) in [5, 5.41) is 0. The minimum atomic E-state index is -0.281. The van der Waals surface area contributed by atoms with Gasteiger partial charge in [-0.2, -0.15) is 0 Å². The van der Waals surface area contributed by atoms with E-state index in [-0.39, 0.29) is 18.5 Å². The van der Waals surface area contributed by atoms with Crippen LogP contribution in [0.5, 0.6) is 0 Å². The number of carbonyl (C=O) groups is 1. The highest BCUT2D eigenvalue weighted by Gasteiger charge is 2.17. The molecule has 0 aromatic heterocycles. The lowest BCUT2D eigenvalue weighted by molar-refractivity contribution is 0.0894. The third kappa shape index (κ3) is 3.44. The summed E-state index contributed by atoms with van der Waals surface area (Å²) in [6, 6.07) is 5.98. The minimum Gasteiger partial charge on any atom is -0.445 e. The number of piperidine rings is 1. The van der Waals surface area contributed by atoms with Crippen LogP contribution in [-0.2, 0) is 11.3 Å². The number of hydrogen-bond acceptors (Lipinski definition) is 2. The van der Waals surface area contributed by atoms with E-state index in [9.17, 15) is 9.18 Å². The summed E-state index contributed by atoms with van der Waals surface area (Å²) < 4.78 is 17.8. The van der Waals surface area contributed by atoms with E-state index in [1.807, 2.05) is 0 Å². The molecule has 1 aliphatic rings. The smallest absolute Gasteiger partial charge is 0.410 e. The Balaban J connectivity index is 1.81. The van der Waals surface area contributed by atoms with E-state index in [0.717, 1.165) is 31.5 Å². The van der Waals surface area contributed by atoms with Crippen molar-refractivity contribution in [1.29, 1.82) is 0 Å². The molecule has 4 heteroatoms. The van der Waals surface area contributed by atoms with Crippen molar-refractivity contribution in [2.24, 2.45) is 0 Å². The Hall–Kier alpha value is -1.58. The standard InChI is InChI=1S/C13H16FNO2/c14-12-6-4-11(5-7-12)10-17-13(16)15-8-2-1-3-9-15/h4-7H,1-3,8-10H2. The van der Waals surface area contributed by atoms with Crippen molar-refractivity contribution in [3.05, 3.63) is 35.6 Å². The predicted octanol–water partition coefficient (Wildman–Crippen LogP) is 2.95. The molecule has 1 aromatic carbocycles. The summed E-state index contributed by atoms with van der Waals surface area (Å²) in [6.45, 7) is 1.76. The molecule has 92 valence electrons. The Kier molecular flexibility index (Phi) is 3.96. The molecule has 0 bridgehead atoms. The van der Waals surface area contributed by atoms with Crippen LogP contribution in [0.25, 0.3) is 0 Å². The lowest BCUT2D eigenvalue weighted by atomic mass is 10.1. The maximum Gasteiger partial charge on any atom is 0.410 e. The Morgan fingerprint density at radius 2 is 1.82 bits per heavy atom. The van der Waals surface area contributed by atoms with Gasteiger partial charge in [0.25, 0.3) is 0 Å². The van der Waals surface area contributed by atoms with Crippen molar-refractivity contribution in [2.75, 3.05) is 13.1 Å². The van der Waals surface area contributed by atoms with E-state index >= 15 is 0 Å². The van der Waals surface area contributed by atoms with E-state index in [0.29, 0.717) is 0 Å². The molecule has 0 radical (unpaired) electrons. The van der Waals surface area contributed by atoms with Gasteiger partial charge in [0.2, 0.25) is 0 Å². The normalized spacial score (nSPS) is 15.7. The largest absolute Gasteiger partial charge is 0.445 e. The summed E-state index contributed by atoms with van der Waals surface area (Å²) in [6.07, 6.45) is 3.01. The average molecular weight is 237 g/mol. The first-order valence-electron chi connectivity index (χ1n) is 5.92. The van der Waals surface area contributed by atoms with Crippen LogP contribution in [0.2, 0.25) is 0 Å². The molecular weight excluding hydrogens is 221 g/mol. The molecule has 0 atom stereocenters. The number of rotatable bonds is 2. The Bertz CT molecular complexity index is 372. The maximum atomic E-state index is 12.7. The number of carbonyl (C=O) groups excluding carboxylic acids is 1. The van der Waals surface area contributed by atoms with Gasteiger partial charge in [0.05, 0.1) is 0 Å². The van der Waals surface area contributed by atoms with Crippen molar-refractivity contribution < 1.29 is 13.9 Å². The molecule has 0 aliphatic carbocycles. The molecule has 1 aromatic rings. The second-order valence-electron chi connectivity index (χ2n) is 4.23. The summed E-state index contributed by atoms with van der Waals surface area (Å²) in [5.74, 6) is -0.281. The van der Waals surface area contributed by atoms with Gasteiger partial charge in [-0.05, 0) is 37.0 Å². The van der Waals surface area contributed by atoms with Crippen molar-refractivity contribution in [3.8, 4) is 0 Å². The lowest BCUT2D eigenvalue weighted by Crippen LogP contribution is -2.35. The van der Waals surface area contributed by atoms with E-state index in [1.165, 1.54) is 18.6 Å². The van der Waals surface area contributed by atoms with Gasteiger partial charge in [0, 0.05) is 13.1 Å². The van der Waals surface area contributed by atoms with Gasteiger partial charge in [0.1, 0.15) is 12.4 Å². The summed E-state index contributed by atoms with van der Waals surface area (Å²) in [7, 11) is 0. The number of nitrogens with zero attached hydrogens (tertiary/aromatic N) is 1. The third-order valence-corrected chi connectivity index (χ3v) is 2.89. The molecule has 1 fully saturated rings. The predicted molar refractivity (Wildman–Crippen MR) is 62.0 cm³/mol. The highest BCUT2D eigenvalue weighted by molar-refractivity contribution is 5.67. The van der Waals surface area contributed by atoms with E-state index in [2.05, 4.69) is 0 Å². The molecule has 1 aliphatic heterocycles. The van der Waals surface area contributed by atoms with Gasteiger partial charge in [-0.15, -0.1) is 0 Å². The van der Waals surface area contributed by atoms with Crippen molar-refractivity contribution in [1.82, 2.24) is 4.90 Å². The monoisotopic (exact) mass is 237 g/mol. The number of benzene rings is 1. The number of amides is 1. The quantitative estimate of drug-likeness (QED) is 0.791. The molecule has 17 heavy (non-hydrogen) atoms. The summed E-state index contributed by atoms with van der Waals surface area (Å²) in [4.78, 5) is 13.4. The van der Waals surface area contributed by atoms with Crippen molar-refractivity contribution in [2.45, 2.75) is 25.9 Å². The fourth-order valence-corrected chi connectivity index (χ4v) is 1.89. The number of hydrogen-bond donors (Lipinski definition) is 0. The molecule has 0 N–H and O–H groups in total. The Morgan fingerprint density at radius 3 is 2.47 bits per heavy atom. The second-order valence-corrected chi connectivity index (χ2v) is 4.23. The molecule has 0 saturated carbocycles. The van der Waals surface area contributed by atoms with Gasteiger partial charge in [0.15, 0.2) is 0 Å². The van der Waals surface area contributed by atoms with Crippen molar-refractivity contribution in [3.63, 3.8) is 0 Å². The number of ether oxygens (including phenoxy) is 1. The molecule has 2 rings (SSSR count). The van der Waals surface area contributed by atoms with Gasteiger partial charge >= 0.3 is 6.09 Å². The first-order chi connectivity index (χ1) is 8.25. The van der Waals surface area contributed by atoms with E-state index < -0.39 is 0 Å². The highest BCUT2D eigenvalue weighted by atomic mass is 19.1. The minimum absolute atomic E-state index is 0.204. The maximum absolute atomic E-state index is 12.7. The molecule has 1 heterocycles. The molecule has 1 amide bonds. The molecule has 0 unspecified atom stereocenters. The SMILES string of the molecule is O=C(OCc1ccc(F)cc1)N1CCCCC1. The lowest BCUT2D eigenvalue weighted by Gasteiger charge is -2.25. The van der Waals surface area contributed by atoms with Gasteiger partial charge in [-0.25, -0.2) is 9.18 Å². The van der Waals surface area contributed by atoms with Crippen LogP contribution in [0, 0.1) is 5.82 Å².